The molecule has 2 atom stereocenters. The van der Waals surface area contributed by atoms with E-state index in [4.69, 9.17) is 0 Å². The second kappa shape index (κ2) is 4.48. The number of benzene rings is 1. The molecule has 0 saturated carbocycles. The van der Waals surface area contributed by atoms with Gasteiger partial charge in [-0.2, -0.15) is 0 Å². The predicted molar refractivity (Wildman–Crippen MR) is 75.0 cm³/mol. The average Bonchev–Trinajstić information content (AvgIpc) is 2.58. The van der Waals surface area contributed by atoms with Crippen molar-refractivity contribution >= 4 is 11.7 Å². The summed E-state index contributed by atoms with van der Waals surface area (Å²) in [5, 5.41) is 2.85. The molecule has 2 rings (SSSR count). The fraction of sp³-hybridized carbons (Fsp3) is 0.500. The molecule has 3 nitrogen and oxygen atoms in total. The number of carbonyl (C=O) groups is 2. The maximum absolute atomic E-state index is 12.5. The predicted octanol–water partition coefficient (Wildman–Crippen LogP) is 2.50. The highest BCUT2D eigenvalue weighted by atomic mass is 16.2. The van der Waals surface area contributed by atoms with Gasteiger partial charge in [0.2, 0.25) is 5.91 Å². The van der Waals surface area contributed by atoms with E-state index in [9.17, 15) is 9.59 Å². The Kier molecular flexibility index (Phi) is 3.25. The van der Waals surface area contributed by atoms with Crippen LogP contribution in [0.3, 0.4) is 0 Å². The van der Waals surface area contributed by atoms with Crippen molar-refractivity contribution in [2.24, 2.45) is 5.41 Å². The Labute approximate surface area is 114 Å². The monoisotopic (exact) mass is 259 g/mol. The van der Waals surface area contributed by atoms with Crippen molar-refractivity contribution in [2.45, 2.75) is 46.6 Å². The number of amides is 1. The van der Waals surface area contributed by atoms with Gasteiger partial charge in [0.05, 0.1) is 6.04 Å². The molecule has 0 aliphatic carbocycles. The van der Waals surface area contributed by atoms with Gasteiger partial charge >= 0.3 is 0 Å². The van der Waals surface area contributed by atoms with Crippen LogP contribution < -0.4 is 5.32 Å². The average molecular weight is 259 g/mol. The molecule has 0 aromatic heterocycles. The highest BCUT2D eigenvalue weighted by molar-refractivity contribution is 6.15. The number of hydrogen-bond acceptors (Lipinski definition) is 2. The molecular formula is C16H21NO2. The third kappa shape index (κ3) is 2.42. The minimum atomic E-state index is -0.649. The largest absolute Gasteiger partial charge is 0.345 e. The fourth-order valence-corrected chi connectivity index (χ4v) is 2.60. The van der Waals surface area contributed by atoms with E-state index in [1.807, 2.05) is 52.8 Å². The lowest BCUT2D eigenvalue weighted by Crippen LogP contribution is -2.40. The summed E-state index contributed by atoms with van der Waals surface area (Å²) in [7, 11) is 0. The van der Waals surface area contributed by atoms with Crippen LogP contribution in [0, 0.1) is 19.3 Å². The van der Waals surface area contributed by atoms with Gasteiger partial charge in [0.15, 0.2) is 5.78 Å². The van der Waals surface area contributed by atoms with Gasteiger partial charge in [-0.3, -0.25) is 9.59 Å². The van der Waals surface area contributed by atoms with Crippen LogP contribution in [-0.4, -0.2) is 17.7 Å². The van der Waals surface area contributed by atoms with E-state index < -0.39 is 12.0 Å². The zero-order valence-corrected chi connectivity index (χ0v) is 12.2. The van der Waals surface area contributed by atoms with Crippen LogP contribution in [-0.2, 0) is 9.59 Å². The minimum Gasteiger partial charge on any atom is -0.345 e. The number of nitrogens with one attached hydrogen (secondary N) is 1. The van der Waals surface area contributed by atoms with Crippen molar-refractivity contribution in [2.75, 3.05) is 0 Å². The molecular weight excluding hydrogens is 238 g/mol. The van der Waals surface area contributed by atoms with E-state index in [0.29, 0.717) is 0 Å². The molecule has 1 heterocycles. The second-order valence-electron chi connectivity index (χ2n) is 6.50. The number of hydrogen-bond donors (Lipinski definition) is 1. The fourth-order valence-electron chi connectivity index (χ4n) is 2.60. The summed E-state index contributed by atoms with van der Waals surface area (Å²) < 4.78 is 0. The first-order chi connectivity index (χ1) is 8.71. The summed E-state index contributed by atoms with van der Waals surface area (Å²) in [6.07, 6.45) is 0. The summed E-state index contributed by atoms with van der Waals surface area (Å²) >= 11 is 0. The van der Waals surface area contributed by atoms with Gasteiger partial charge in [-0.25, -0.2) is 0 Å². The standard InChI is InChI=1S/C16H21NO2/c1-9-6-7-10(2)11(8-9)12-13(18)14(16(3,4)5)17-15(12)19/h6-8,12,14H,1-5H3,(H,17,19). The van der Waals surface area contributed by atoms with Crippen LogP contribution in [0.25, 0.3) is 0 Å². The van der Waals surface area contributed by atoms with E-state index in [-0.39, 0.29) is 17.1 Å². The third-order valence-corrected chi connectivity index (χ3v) is 3.73. The molecule has 1 N–H and O–H groups in total. The topological polar surface area (TPSA) is 46.2 Å². The van der Waals surface area contributed by atoms with Crippen molar-refractivity contribution in [1.29, 1.82) is 0 Å². The SMILES string of the molecule is Cc1ccc(C)c(C2C(=O)NC(C(C)(C)C)C2=O)c1. The van der Waals surface area contributed by atoms with Crippen molar-refractivity contribution < 1.29 is 9.59 Å². The molecule has 19 heavy (non-hydrogen) atoms. The number of carbonyl (C=O) groups excluding carboxylic acids is 2. The van der Waals surface area contributed by atoms with E-state index in [1.54, 1.807) is 0 Å². The molecule has 2 unspecified atom stereocenters. The summed E-state index contributed by atoms with van der Waals surface area (Å²) in [6, 6.07) is 5.51. The van der Waals surface area contributed by atoms with Crippen molar-refractivity contribution in [3.63, 3.8) is 0 Å². The molecule has 1 fully saturated rings. The Morgan fingerprint density at radius 2 is 1.74 bits per heavy atom. The molecule has 1 aromatic carbocycles. The number of Topliss-reactive ketones (excluding diaryl/α,β-unsaturated/α-hetero) is 1. The van der Waals surface area contributed by atoms with Gasteiger partial charge < -0.3 is 5.32 Å². The number of rotatable bonds is 1. The van der Waals surface area contributed by atoms with Gasteiger partial charge in [0.25, 0.3) is 0 Å². The zero-order chi connectivity index (χ0) is 14.4. The lowest BCUT2D eigenvalue weighted by Gasteiger charge is -2.25. The minimum absolute atomic E-state index is 0.00815. The number of aryl methyl sites for hydroxylation is 2. The van der Waals surface area contributed by atoms with Crippen LogP contribution in [0.4, 0.5) is 0 Å². The molecule has 0 spiro atoms. The van der Waals surface area contributed by atoms with Crippen LogP contribution in [0.2, 0.25) is 0 Å². The first-order valence-electron chi connectivity index (χ1n) is 6.63. The molecule has 0 bridgehead atoms. The van der Waals surface area contributed by atoms with E-state index in [2.05, 4.69) is 5.32 Å². The zero-order valence-electron chi connectivity index (χ0n) is 12.2. The first-order valence-corrected chi connectivity index (χ1v) is 6.63. The molecule has 1 aromatic rings. The number of ketones is 1. The van der Waals surface area contributed by atoms with Crippen molar-refractivity contribution in [1.82, 2.24) is 5.32 Å². The molecule has 1 amide bonds. The maximum atomic E-state index is 12.5. The van der Waals surface area contributed by atoms with Gasteiger partial charge in [-0.05, 0) is 30.4 Å². The molecule has 3 heteroatoms. The van der Waals surface area contributed by atoms with Gasteiger partial charge in [-0.15, -0.1) is 0 Å². The summed E-state index contributed by atoms with van der Waals surface area (Å²) in [4.78, 5) is 24.7. The van der Waals surface area contributed by atoms with E-state index in [1.165, 1.54) is 0 Å². The highest BCUT2D eigenvalue weighted by Gasteiger charge is 2.47. The Hall–Kier alpha value is -1.64. The van der Waals surface area contributed by atoms with Gasteiger partial charge in [0, 0.05) is 0 Å². The molecule has 1 saturated heterocycles. The molecule has 1 aliphatic heterocycles. The van der Waals surface area contributed by atoms with E-state index >= 15 is 0 Å². The van der Waals surface area contributed by atoms with Crippen LogP contribution >= 0.6 is 0 Å². The van der Waals surface area contributed by atoms with Gasteiger partial charge in [-0.1, -0.05) is 44.5 Å². The third-order valence-electron chi connectivity index (χ3n) is 3.73. The van der Waals surface area contributed by atoms with Crippen molar-refractivity contribution in [3.8, 4) is 0 Å². The Bertz CT molecular complexity index is 540. The molecule has 1 aliphatic rings. The molecule has 0 radical (unpaired) electrons. The normalized spacial score (nSPS) is 23.6. The first kappa shape index (κ1) is 13.8. The smallest absolute Gasteiger partial charge is 0.235 e. The summed E-state index contributed by atoms with van der Waals surface area (Å²) in [5.41, 5.74) is 2.66. The second-order valence-corrected chi connectivity index (χ2v) is 6.50. The van der Waals surface area contributed by atoms with Crippen LogP contribution in [0.15, 0.2) is 18.2 Å². The van der Waals surface area contributed by atoms with Crippen LogP contribution in [0.1, 0.15) is 43.4 Å². The lowest BCUT2D eigenvalue weighted by molar-refractivity contribution is -0.124. The summed E-state index contributed by atoms with van der Waals surface area (Å²) in [6.45, 7) is 9.84. The van der Waals surface area contributed by atoms with Crippen molar-refractivity contribution in [3.05, 3.63) is 34.9 Å². The molecule has 102 valence electrons. The van der Waals surface area contributed by atoms with E-state index in [0.717, 1.165) is 16.7 Å². The lowest BCUT2D eigenvalue weighted by atomic mass is 9.81. The van der Waals surface area contributed by atoms with Crippen LogP contribution in [0.5, 0.6) is 0 Å². The quantitative estimate of drug-likeness (QED) is 0.788. The Morgan fingerprint density at radius 3 is 2.26 bits per heavy atom. The summed E-state index contributed by atoms with van der Waals surface area (Å²) in [5.74, 6) is -0.825. The van der Waals surface area contributed by atoms with Gasteiger partial charge in [0.1, 0.15) is 5.92 Å². The Balaban J connectivity index is 2.44. The Morgan fingerprint density at radius 1 is 1.11 bits per heavy atom. The highest BCUT2D eigenvalue weighted by Crippen LogP contribution is 2.33. The maximum Gasteiger partial charge on any atom is 0.235 e.